The van der Waals surface area contributed by atoms with Crippen molar-refractivity contribution in [3.05, 3.63) is 66.7 Å². The normalized spacial score (nSPS) is 11.8. The molecule has 4 aromatic rings. The Labute approximate surface area is 160 Å². The average Bonchev–Trinajstić information content (AvgIpc) is 3.24. The monoisotopic (exact) mass is 375 g/mol. The lowest BCUT2D eigenvalue weighted by Gasteiger charge is -2.15. The van der Waals surface area contributed by atoms with E-state index in [0.717, 1.165) is 11.4 Å². The summed E-state index contributed by atoms with van der Waals surface area (Å²) in [5.74, 6) is 1.56. The molecule has 0 saturated heterocycles. The fourth-order valence-electron chi connectivity index (χ4n) is 2.51. The number of nitrogens with two attached hydrogens (primary N) is 1. The average molecular weight is 375 g/mol. The molecule has 10 nitrogen and oxygen atoms in total. The van der Waals surface area contributed by atoms with Crippen LogP contribution in [-0.2, 0) is 0 Å². The third kappa shape index (κ3) is 4.01. The van der Waals surface area contributed by atoms with Crippen molar-refractivity contribution in [3.63, 3.8) is 0 Å². The maximum absolute atomic E-state index is 5.94. The Morgan fingerprint density at radius 2 is 1.79 bits per heavy atom. The molecular formula is C18H17N9O. The first-order valence-electron chi connectivity index (χ1n) is 8.51. The van der Waals surface area contributed by atoms with Crippen molar-refractivity contribution in [1.82, 2.24) is 35.2 Å². The number of para-hydroxylation sites is 1. The topological polar surface area (TPSA) is 130 Å². The number of rotatable bonds is 6. The highest BCUT2D eigenvalue weighted by Crippen LogP contribution is 2.22. The number of tetrazole rings is 1. The van der Waals surface area contributed by atoms with Gasteiger partial charge < -0.3 is 15.8 Å². The second-order valence-electron chi connectivity index (χ2n) is 5.87. The van der Waals surface area contributed by atoms with Crippen LogP contribution in [0.3, 0.4) is 0 Å². The van der Waals surface area contributed by atoms with E-state index in [1.54, 1.807) is 4.68 Å². The maximum atomic E-state index is 5.94. The fourth-order valence-corrected chi connectivity index (χ4v) is 2.51. The van der Waals surface area contributed by atoms with Crippen LogP contribution in [0.2, 0.25) is 0 Å². The van der Waals surface area contributed by atoms with Gasteiger partial charge in [0.2, 0.25) is 11.9 Å². The summed E-state index contributed by atoms with van der Waals surface area (Å²) in [5.41, 5.74) is 7.51. The quantitative estimate of drug-likeness (QED) is 0.521. The molecule has 10 heteroatoms. The number of anilines is 3. The first-order valence-corrected chi connectivity index (χ1v) is 8.51. The van der Waals surface area contributed by atoms with Crippen LogP contribution < -0.4 is 15.8 Å². The third-order valence-corrected chi connectivity index (χ3v) is 3.83. The number of nitrogens with zero attached hydrogens (tertiary/aromatic N) is 7. The Bertz CT molecular complexity index is 1040. The largest absolute Gasteiger partial charge is 0.483 e. The summed E-state index contributed by atoms with van der Waals surface area (Å²) >= 11 is 0. The van der Waals surface area contributed by atoms with Gasteiger partial charge >= 0.3 is 0 Å². The highest BCUT2D eigenvalue weighted by Gasteiger charge is 2.14. The van der Waals surface area contributed by atoms with Crippen LogP contribution in [0.5, 0.6) is 5.75 Å². The molecule has 0 fully saturated rings. The molecule has 0 radical (unpaired) electrons. The van der Waals surface area contributed by atoms with E-state index in [0.29, 0.717) is 17.5 Å². The van der Waals surface area contributed by atoms with Gasteiger partial charge in [-0.25, -0.2) is 4.68 Å². The molecule has 0 aliphatic rings. The minimum absolute atomic E-state index is 0.118. The first-order chi connectivity index (χ1) is 13.7. The molecule has 0 bridgehead atoms. The second kappa shape index (κ2) is 7.66. The third-order valence-electron chi connectivity index (χ3n) is 3.83. The Morgan fingerprint density at radius 3 is 2.50 bits per heavy atom. The highest BCUT2D eigenvalue weighted by atomic mass is 16.5. The Kier molecular flexibility index (Phi) is 4.74. The lowest BCUT2D eigenvalue weighted by Crippen LogP contribution is -2.13. The zero-order chi connectivity index (χ0) is 19.3. The van der Waals surface area contributed by atoms with Gasteiger partial charge in [-0.2, -0.15) is 15.0 Å². The maximum Gasteiger partial charge on any atom is 0.232 e. The van der Waals surface area contributed by atoms with E-state index < -0.39 is 6.10 Å². The van der Waals surface area contributed by atoms with Crippen molar-refractivity contribution < 1.29 is 4.74 Å². The highest BCUT2D eigenvalue weighted by molar-refractivity contribution is 5.53. The van der Waals surface area contributed by atoms with Crippen molar-refractivity contribution in [2.24, 2.45) is 0 Å². The van der Waals surface area contributed by atoms with Crippen molar-refractivity contribution in [1.29, 1.82) is 0 Å². The number of nitrogens with one attached hydrogen (secondary N) is 1. The standard InChI is InChI=1S/C18H17N9O/c1-12(28-15-9-7-14(8-10-15)27-11-20-25-26-27)16-22-17(19)24-18(23-16)21-13-5-3-2-4-6-13/h2-12H,1H3,(H3,19,21,22,23,24)/t12-/m0/s1. The number of aromatic nitrogens is 7. The number of hydrogen-bond donors (Lipinski definition) is 2. The molecule has 2 aromatic carbocycles. The van der Waals surface area contributed by atoms with Gasteiger partial charge in [-0.3, -0.25) is 0 Å². The molecule has 1 atom stereocenters. The minimum atomic E-state index is -0.430. The molecular weight excluding hydrogens is 358 g/mol. The van der Waals surface area contributed by atoms with E-state index in [2.05, 4.69) is 35.8 Å². The van der Waals surface area contributed by atoms with Gasteiger partial charge in [0.05, 0.1) is 5.69 Å². The predicted octanol–water partition coefficient (Wildman–Crippen LogP) is 2.31. The van der Waals surface area contributed by atoms with Crippen molar-refractivity contribution in [2.45, 2.75) is 13.0 Å². The van der Waals surface area contributed by atoms with Crippen LogP contribution in [0.4, 0.5) is 17.6 Å². The molecule has 140 valence electrons. The molecule has 4 rings (SSSR count). The fraction of sp³-hybridized carbons (Fsp3) is 0.111. The molecule has 2 aromatic heterocycles. The predicted molar refractivity (Wildman–Crippen MR) is 102 cm³/mol. The first kappa shape index (κ1) is 17.3. The van der Waals surface area contributed by atoms with Gasteiger partial charge in [-0.05, 0) is 53.7 Å². The van der Waals surface area contributed by atoms with Gasteiger partial charge in [-0.1, -0.05) is 18.2 Å². The SMILES string of the molecule is C[C@H](Oc1ccc(-n2cnnn2)cc1)c1nc(N)nc(Nc2ccccc2)n1. The zero-order valence-electron chi connectivity index (χ0n) is 15.0. The Hall–Kier alpha value is -4.08. The molecule has 2 heterocycles. The van der Waals surface area contributed by atoms with Crippen LogP contribution in [0.15, 0.2) is 60.9 Å². The lowest BCUT2D eigenvalue weighted by molar-refractivity contribution is 0.216. The van der Waals surface area contributed by atoms with E-state index >= 15 is 0 Å². The van der Waals surface area contributed by atoms with Gasteiger partial charge in [0.25, 0.3) is 0 Å². The summed E-state index contributed by atoms with van der Waals surface area (Å²) < 4.78 is 7.49. The minimum Gasteiger partial charge on any atom is -0.483 e. The molecule has 0 aliphatic carbocycles. The summed E-state index contributed by atoms with van der Waals surface area (Å²) in [7, 11) is 0. The van der Waals surface area contributed by atoms with Gasteiger partial charge in [-0.15, -0.1) is 5.10 Å². The number of ether oxygens (including phenoxy) is 1. The summed E-state index contributed by atoms with van der Waals surface area (Å²) in [4.78, 5) is 12.7. The molecule has 0 unspecified atom stereocenters. The van der Waals surface area contributed by atoms with Crippen LogP contribution in [0.25, 0.3) is 5.69 Å². The smallest absolute Gasteiger partial charge is 0.232 e. The van der Waals surface area contributed by atoms with Crippen molar-refractivity contribution in [2.75, 3.05) is 11.1 Å². The Balaban J connectivity index is 1.49. The number of nitrogen functional groups attached to an aromatic ring is 1. The Morgan fingerprint density at radius 1 is 1.00 bits per heavy atom. The second-order valence-corrected chi connectivity index (χ2v) is 5.87. The molecule has 0 spiro atoms. The zero-order valence-corrected chi connectivity index (χ0v) is 15.0. The number of benzene rings is 2. The van der Waals surface area contributed by atoms with Crippen LogP contribution in [0, 0.1) is 0 Å². The van der Waals surface area contributed by atoms with Crippen LogP contribution in [-0.4, -0.2) is 35.2 Å². The van der Waals surface area contributed by atoms with E-state index in [-0.39, 0.29) is 5.95 Å². The molecule has 0 saturated carbocycles. The van der Waals surface area contributed by atoms with E-state index in [1.807, 2.05) is 61.5 Å². The van der Waals surface area contributed by atoms with E-state index in [1.165, 1.54) is 6.33 Å². The summed E-state index contributed by atoms with van der Waals surface area (Å²) in [6, 6.07) is 16.9. The lowest BCUT2D eigenvalue weighted by atomic mass is 10.3. The van der Waals surface area contributed by atoms with Crippen molar-refractivity contribution in [3.8, 4) is 11.4 Å². The number of hydrogen-bond acceptors (Lipinski definition) is 9. The van der Waals surface area contributed by atoms with Crippen molar-refractivity contribution >= 4 is 17.6 Å². The molecule has 0 aliphatic heterocycles. The van der Waals surface area contributed by atoms with Gasteiger partial charge in [0.1, 0.15) is 12.1 Å². The van der Waals surface area contributed by atoms with E-state index in [9.17, 15) is 0 Å². The van der Waals surface area contributed by atoms with Crippen LogP contribution >= 0.6 is 0 Å². The molecule has 0 amide bonds. The van der Waals surface area contributed by atoms with Gasteiger partial charge in [0.15, 0.2) is 11.9 Å². The molecule has 3 N–H and O–H groups in total. The molecule has 28 heavy (non-hydrogen) atoms. The summed E-state index contributed by atoms with van der Waals surface area (Å²) in [6.07, 6.45) is 1.09. The summed E-state index contributed by atoms with van der Waals surface area (Å²) in [6.45, 7) is 1.84. The van der Waals surface area contributed by atoms with Gasteiger partial charge in [0, 0.05) is 5.69 Å². The summed E-state index contributed by atoms with van der Waals surface area (Å²) in [5, 5.41) is 14.2. The van der Waals surface area contributed by atoms with Crippen LogP contribution in [0.1, 0.15) is 18.9 Å². The van der Waals surface area contributed by atoms with E-state index in [4.69, 9.17) is 10.5 Å².